The molecular formula is C25H35N. The Balaban J connectivity index is 2.82. The average Bonchev–Trinajstić information content (AvgIpc) is 2.65. The van der Waals surface area contributed by atoms with E-state index in [1.807, 2.05) is 6.92 Å². The number of benzene rings is 1. The summed E-state index contributed by atoms with van der Waals surface area (Å²) >= 11 is 0. The first kappa shape index (κ1) is 21.8. The van der Waals surface area contributed by atoms with Crippen LogP contribution >= 0.6 is 0 Å². The maximum Gasteiger partial charge on any atom is 0.0140 e. The van der Waals surface area contributed by atoms with Crippen LogP contribution in [0.5, 0.6) is 0 Å². The second-order valence-corrected chi connectivity index (χ2v) is 6.67. The van der Waals surface area contributed by atoms with Crippen molar-refractivity contribution in [1.29, 1.82) is 0 Å². The molecule has 26 heavy (non-hydrogen) atoms. The Morgan fingerprint density at radius 1 is 1.04 bits per heavy atom. The number of nitrogens with zero attached hydrogens (tertiary/aromatic N) is 1. The van der Waals surface area contributed by atoms with Crippen LogP contribution in [0.2, 0.25) is 0 Å². The van der Waals surface area contributed by atoms with Crippen molar-refractivity contribution in [3.8, 4) is 0 Å². The minimum Gasteiger partial charge on any atom is -0.380 e. The molecule has 0 saturated heterocycles. The van der Waals surface area contributed by atoms with Crippen molar-refractivity contribution in [2.45, 2.75) is 47.0 Å². The number of rotatable bonds is 10. The molecule has 1 heteroatoms. The van der Waals surface area contributed by atoms with Gasteiger partial charge in [-0.25, -0.2) is 0 Å². The monoisotopic (exact) mass is 349 g/mol. The summed E-state index contributed by atoms with van der Waals surface area (Å²) in [6, 6.07) is 10.8. The summed E-state index contributed by atoms with van der Waals surface area (Å²) in [5, 5.41) is 0. The summed E-state index contributed by atoms with van der Waals surface area (Å²) in [6.45, 7) is 9.66. The molecule has 0 bridgehead atoms. The van der Waals surface area contributed by atoms with Crippen molar-refractivity contribution in [2.24, 2.45) is 0 Å². The molecular weight excluding hydrogens is 314 g/mol. The lowest BCUT2D eigenvalue weighted by Gasteiger charge is -2.12. The maximum absolute atomic E-state index is 2.29. The molecule has 0 atom stereocenters. The van der Waals surface area contributed by atoms with Gasteiger partial charge < -0.3 is 4.90 Å². The van der Waals surface area contributed by atoms with Gasteiger partial charge in [0, 0.05) is 19.8 Å². The molecule has 0 saturated carbocycles. The number of hydrogen-bond donors (Lipinski definition) is 0. The molecule has 0 fully saturated rings. The van der Waals surface area contributed by atoms with E-state index in [0.29, 0.717) is 0 Å². The lowest BCUT2D eigenvalue weighted by molar-refractivity contribution is 0.481. The quantitative estimate of drug-likeness (QED) is 0.404. The molecule has 0 aliphatic heterocycles. The highest BCUT2D eigenvalue weighted by Crippen LogP contribution is 2.26. The number of hydrogen-bond acceptors (Lipinski definition) is 1. The topological polar surface area (TPSA) is 3.24 Å². The Morgan fingerprint density at radius 2 is 1.77 bits per heavy atom. The minimum atomic E-state index is 0.999. The fourth-order valence-electron chi connectivity index (χ4n) is 2.78. The highest BCUT2D eigenvalue weighted by atomic mass is 15.1. The summed E-state index contributed by atoms with van der Waals surface area (Å²) in [5.74, 6) is 0. The van der Waals surface area contributed by atoms with E-state index >= 15 is 0 Å². The van der Waals surface area contributed by atoms with Gasteiger partial charge in [-0.3, -0.25) is 0 Å². The summed E-state index contributed by atoms with van der Waals surface area (Å²) in [7, 11) is 2.11. The smallest absolute Gasteiger partial charge is 0.0140 e. The van der Waals surface area contributed by atoms with Crippen LogP contribution in [-0.2, 0) is 0 Å². The molecule has 0 unspecified atom stereocenters. The van der Waals surface area contributed by atoms with Crippen LogP contribution in [-0.4, -0.2) is 18.5 Å². The summed E-state index contributed by atoms with van der Waals surface area (Å²) in [4.78, 5) is 2.20. The molecule has 1 aromatic rings. The zero-order valence-electron chi connectivity index (χ0n) is 17.2. The van der Waals surface area contributed by atoms with Gasteiger partial charge in [-0.05, 0) is 63.7 Å². The Labute approximate surface area is 161 Å². The normalized spacial score (nSPS) is 13.8. The fourth-order valence-corrected chi connectivity index (χ4v) is 2.78. The van der Waals surface area contributed by atoms with Gasteiger partial charge in [0.05, 0.1) is 0 Å². The Kier molecular flexibility index (Phi) is 10.9. The van der Waals surface area contributed by atoms with E-state index in [0.717, 1.165) is 25.8 Å². The van der Waals surface area contributed by atoms with Gasteiger partial charge in [-0.2, -0.15) is 0 Å². The van der Waals surface area contributed by atoms with Crippen LogP contribution in [0.4, 0.5) is 0 Å². The molecule has 0 aliphatic rings. The van der Waals surface area contributed by atoms with Crippen molar-refractivity contribution < 1.29 is 0 Å². The maximum atomic E-state index is 2.29. The van der Waals surface area contributed by atoms with Crippen molar-refractivity contribution in [3.63, 3.8) is 0 Å². The predicted octanol–water partition coefficient (Wildman–Crippen LogP) is 7.17. The molecule has 1 aromatic carbocycles. The lowest BCUT2D eigenvalue weighted by Crippen LogP contribution is -2.09. The molecule has 0 aromatic heterocycles. The third-order valence-electron chi connectivity index (χ3n) is 4.37. The van der Waals surface area contributed by atoms with Gasteiger partial charge in [-0.15, -0.1) is 0 Å². The third kappa shape index (κ3) is 8.71. The van der Waals surface area contributed by atoms with Crippen LogP contribution in [0.15, 0.2) is 84.1 Å². The molecule has 0 spiro atoms. The Bertz CT molecular complexity index is 657. The van der Waals surface area contributed by atoms with Crippen LogP contribution < -0.4 is 0 Å². The van der Waals surface area contributed by atoms with Crippen molar-refractivity contribution >= 4 is 5.57 Å². The van der Waals surface area contributed by atoms with E-state index in [1.54, 1.807) is 0 Å². The Morgan fingerprint density at radius 3 is 2.42 bits per heavy atom. The van der Waals surface area contributed by atoms with E-state index in [4.69, 9.17) is 0 Å². The van der Waals surface area contributed by atoms with Crippen molar-refractivity contribution in [2.75, 3.05) is 13.6 Å². The van der Waals surface area contributed by atoms with E-state index in [2.05, 4.69) is 106 Å². The largest absolute Gasteiger partial charge is 0.380 e. The zero-order chi connectivity index (χ0) is 19.2. The van der Waals surface area contributed by atoms with Gasteiger partial charge in [0.1, 0.15) is 0 Å². The van der Waals surface area contributed by atoms with Gasteiger partial charge in [0.2, 0.25) is 0 Å². The average molecular weight is 350 g/mol. The highest BCUT2D eigenvalue weighted by Gasteiger charge is 2.04. The van der Waals surface area contributed by atoms with E-state index in [1.165, 1.54) is 22.3 Å². The first-order valence-corrected chi connectivity index (χ1v) is 9.65. The zero-order valence-corrected chi connectivity index (χ0v) is 17.2. The highest BCUT2D eigenvalue weighted by molar-refractivity contribution is 5.68. The van der Waals surface area contributed by atoms with Crippen LogP contribution in [0.25, 0.3) is 5.57 Å². The van der Waals surface area contributed by atoms with Crippen molar-refractivity contribution in [3.05, 3.63) is 89.7 Å². The number of allylic oxidation sites excluding steroid dienone is 9. The first-order chi connectivity index (χ1) is 12.6. The minimum absolute atomic E-state index is 0.999. The third-order valence-corrected chi connectivity index (χ3v) is 4.37. The van der Waals surface area contributed by atoms with E-state index in [9.17, 15) is 0 Å². The fraction of sp³-hybridized carbons (Fsp3) is 0.360. The molecule has 0 N–H and O–H groups in total. The van der Waals surface area contributed by atoms with Crippen molar-refractivity contribution in [1.82, 2.24) is 4.90 Å². The van der Waals surface area contributed by atoms with Gasteiger partial charge >= 0.3 is 0 Å². The van der Waals surface area contributed by atoms with Crippen LogP contribution in [0.1, 0.15) is 52.5 Å². The summed E-state index contributed by atoms with van der Waals surface area (Å²) in [6.07, 6.45) is 18.4. The molecule has 1 rings (SSSR count). The van der Waals surface area contributed by atoms with E-state index in [-0.39, 0.29) is 0 Å². The second-order valence-electron chi connectivity index (χ2n) is 6.67. The summed E-state index contributed by atoms with van der Waals surface area (Å²) in [5.41, 5.74) is 5.55. The molecule has 140 valence electrons. The summed E-state index contributed by atoms with van der Waals surface area (Å²) < 4.78 is 0. The molecule has 0 aliphatic carbocycles. The molecule has 0 amide bonds. The van der Waals surface area contributed by atoms with Crippen LogP contribution in [0.3, 0.4) is 0 Å². The lowest BCUT2D eigenvalue weighted by atomic mass is 9.94. The molecule has 0 heterocycles. The van der Waals surface area contributed by atoms with Crippen LogP contribution in [0, 0.1) is 0 Å². The van der Waals surface area contributed by atoms with Gasteiger partial charge in [0.15, 0.2) is 0 Å². The SMILES string of the molecule is C/C=C\C=C/C/C(C)=C(/CC/C=C\C(C)=C/N(C)CC)c1ccccc1. The van der Waals surface area contributed by atoms with Gasteiger partial charge in [-0.1, -0.05) is 72.4 Å². The first-order valence-electron chi connectivity index (χ1n) is 9.65. The predicted molar refractivity (Wildman–Crippen MR) is 118 cm³/mol. The Hall–Kier alpha value is -2.28. The second kappa shape index (κ2) is 13.0. The van der Waals surface area contributed by atoms with Gasteiger partial charge in [0.25, 0.3) is 0 Å². The molecule has 1 nitrogen and oxygen atoms in total. The van der Waals surface area contributed by atoms with E-state index < -0.39 is 0 Å². The molecule has 0 radical (unpaired) electrons. The standard InChI is InChI=1S/C25H35N/c1-6-8-9-11-17-23(4)25(24-18-12-10-13-19-24)20-15-14-16-22(3)21-26(5)7-2/h6,8-14,16,18-19,21H,7,15,17,20H2,1-5H3/b8-6-,11-9-,16-14-,22-21-,25-23-.